The number of anilines is 1. The number of rotatable bonds is 6. The van der Waals surface area contributed by atoms with Crippen LogP contribution >= 0.6 is 22.9 Å². The first kappa shape index (κ1) is 19.4. The molecule has 7 nitrogen and oxygen atoms in total. The maximum absolute atomic E-state index is 12.9. The van der Waals surface area contributed by atoms with Gasteiger partial charge in [0, 0.05) is 10.7 Å². The summed E-state index contributed by atoms with van der Waals surface area (Å²) in [4.78, 5) is 12.2. The lowest BCUT2D eigenvalue weighted by molar-refractivity contribution is 0.102. The fourth-order valence-corrected chi connectivity index (χ4v) is 3.87. The van der Waals surface area contributed by atoms with Crippen LogP contribution in [0.1, 0.15) is 14.8 Å². The quantitative estimate of drug-likeness (QED) is 0.630. The smallest absolute Gasteiger partial charge is 0.286 e. The summed E-state index contributed by atoms with van der Waals surface area (Å²) in [5.41, 5.74) is 0.404. The molecule has 0 aliphatic heterocycles. The Morgan fingerprint density at radius 1 is 1.07 bits per heavy atom. The average Bonchev–Trinajstić information content (AvgIpc) is 3.12. The summed E-state index contributed by atoms with van der Waals surface area (Å²) in [5.74, 6) is -0.940. The summed E-state index contributed by atoms with van der Waals surface area (Å²) in [7, 11) is -3.74. The zero-order valence-corrected chi connectivity index (χ0v) is 15.9. The van der Waals surface area contributed by atoms with Crippen molar-refractivity contribution in [2.45, 2.75) is 11.4 Å². The molecule has 11 heteroatoms. The molecule has 0 unspecified atom stereocenters. The molecule has 3 rings (SSSR count). The van der Waals surface area contributed by atoms with Crippen molar-refractivity contribution < 1.29 is 17.6 Å². The van der Waals surface area contributed by atoms with Crippen LogP contribution in [-0.2, 0) is 16.6 Å². The minimum absolute atomic E-state index is 0.0556. The molecule has 27 heavy (non-hydrogen) atoms. The molecule has 2 aromatic carbocycles. The number of hydrogen-bond donors (Lipinski definition) is 2. The largest absolute Gasteiger partial charge is 0.320 e. The predicted octanol–water partition coefficient (Wildman–Crippen LogP) is 3.06. The van der Waals surface area contributed by atoms with Gasteiger partial charge in [0.25, 0.3) is 5.91 Å². The van der Waals surface area contributed by atoms with Crippen LogP contribution in [0.4, 0.5) is 10.1 Å². The monoisotopic (exact) mass is 426 g/mol. The third-order valence-corrected chi connectivity index (χ3v) is 5.89. The van der Waals surface area contributed by atoms with Crippen molar-refractivity contribution >= 4 is 44.6 Å². The molecule has 0 atom stereocenters. The Hall–Kier alpha value is -2.40. The summed E-state index contributed by atoms with van der Waals surface area (Å²) in [6.07, 6.45) is 0. The summed E-state index contributed by atoms with van der Waals surface area (Å²) >= 11 is 6.69. The molecule has 0 saturated heterocycles. The fraction of sp³-hybridized carbons (Fsp3) is 0.0625. The number of carbonyl (C=O) groups is 1. The van der Waals surface area contributed by atoms with Crippen LogP contribution < -0.4 is 10.0 Å². The molecule has 1 aromatic heterocycles. The molecular formula is C16H12ClFN4O3S2. The van der Waals surface area contributed by atoms with Gasteiger partial charge < -0.3 is 5.32 Å². The maximum atomic E-state index is 12.9. The van der Waals surface area contributed by atoms with E-state index in [9.17, 15) is 17.6 Å². The van der Waals surface area contributed by atoms with Crippen molar-refractivity contribution in [2.75, 3.05) is 5.32 Å². The van der Waals surface area contributed by atoms with Gasteiger partial charge in [0.2, 0.25) is 15.0 Å². The highest BCUT2D eigenvalue weighted by atomic mass is 35.5. The van der Waals surface area contributed by atoms with Crippen LogP contribution in [0.3, 0.4) is 0 Å². The summed E-state index contributed by atoms with van der Waals surface area (Å²) in [6.45, 7) is -0.119. The first-order chi connectivity index (χ1) is 12.8. The van der Waals surface area contributed by atoms with Gasteiger partial charge in [-0.2, -0.15) is 0 Å². The number of benzene rings is 2. The van der Waals surface area contributed by atoms with Crippen molar-refractivity contribution in [3.05, 3.63) is 69.4 Å². The van der Waals surface area contributed by atoms with Crippen LogP contribution in [0, 0.1) is 5.82 Å². The fourth-order valence-electron chi connectivity index (χ4n) is 1.99. The average molecular weight is 427 g/mol. The molecule has 0 aliphatic carbocycles. The van der Waals surface area contributed by atoms with Crippen molar-refractivity contribution in [3.8, 4) is 0 Å². The van der Waals surface area contributed by atoms with Gasteiger partial charge in [0.15, 0.2) is 0 Å². The second-order valence-electron chi connectivity index (χ2n) is 5.24. The minimum Gasteiger partial charge on any atom is -0.320 e. The number of halogens is 2. The van der Waals surface area contributed by atoms with Crippen molar-refractivity contribution in [1.29, 1.82) is 0 Å². The highest BCUT2D eigenvalue weighted by Gasteiger charge is 2.17. The number of nitrogens with one attached hydrogen (secondary N) is 2. The molecule has 2 N–H and O–H groups in total. The normalized spacial score (nSPS) is 11.3. The highest BCUT2D eigenvalue weighted by Crippen LogP contribution is 2.16. The Morgan fingerprint density at radius 2 is 1.74 bits per heavy atom. The van der Waals surface area contributed by atoms with E-state index in [-0.39, 0.29) is 16.4 Å². The number of nitrogens with zero attached hydrogens (tertiary/aromatic N) is 2. The Morgan fingerprint density at radius 3 is 2.41 bits per heavy atom. The summed E-state index contributed by atoms with van der Waals surface area (Å²) in [6, 6.07) is 11.0. The zero-order valence-electron chi connectivity index (χ0n) is 13.5. The van der Waals surface area contributed by atoms with Crippen LogP contribution in [-0.4, -0.2) is 24.5 Å². The third-order valence-electron chi connectivity index (χ3n) is 3.30. The molecular weight excluding hydrogens is 415 g/mol. The van der Waals surface area contributed by atoms with Crippen LogP contribution in [0.2, 0.25) is 5.02 Å². The van der Waals surface area contributed by atoms with Gasteiger partial charge >= 0.3 is 0 Å². The number of aromatic nitrogens is 2. The van der Waals surface area contributed by atoms with Gasteiger partial charge in [-0.1, -0.05) is 22.9 Å². The summed E-state index contributed by atoms with van der Waals surface area (Å²) < 4.78 is 39.7. The molecule has 0 bridgehead atoms. The van der Waals surface area contributed by atoms with Gasteiger partial charge in [-0.05, 0) is 48.5 Å². The zero-order chi connectivity index (χ0) is 19.4. The Labute approximate surface area is 163 Å². The van der Waals surface area contributed by atoms with Gasteiger partial charge in [-0.3, -0.25) is 4.79 Å². The van der Waals surface area contributed by atoms with Crippen molar-refractivity contribution in [3.63, 3.8) is 0 Å². The van der Waals surface area contributed by atoms with Gasteiger partial charge in [0.05, 0.1) is 11.4 Å². The first-order valence-electron chi connectivity index (χ1n) is 7.48. The molecule has 3 aromatic rings. The molecule has 1 amide bonds. The second kappa shape index (κ2) is 8.09. The van der Waals surface area contributed by atoms with E-state index in [1.807, 2.05) is 0 Å². The second-order valence-corrected chi connectivity index (χ2v) is 8.51. The van der Waals surface area contributed by atoms with Crippen LogP contribution in [0.5, 0.6) is 0 Å². The molecule has 140 valence electrons. The highest BCUT2D eigenvalue weighted by molar-refractivity contribution is 7.89. The lowest BCUT2D eigenvalue weighted by Gasteiger charge is -2.04. The van der Waals surface area contributed by atoms with Crippen molar-refractivity contribution in [2.24, 2.45) is 0 Å². The molecule has 0 spiro atoms. The number of carbonyl (C=O) groups excluding carboxylic acids is 1. The first-order valence-corrected chi connectivity index (χ1v) is 10.2. The van der Waals surface area contributed by atoms with E-state index in [4.69, 9.17) is 11.6 Å². The number of hydrogen-bond acceptors (Lipinski definition) is 6. The summed E-state index contributed by atoms with van der Waals surface area (Å²) in [5, 5.41) is 10.9. The lowest BCUT2D eigenvalue weighted by Crippen LogP contribution is -2.23. The topological polar surface area (TPSA) is 101 Å². The van der Waals surface area contributed by atoms with E-state index in [2.05, 4.69) is 20.2 Å². The van der Waals surface area contributed by atoms with E-state index in [1.165, 1.54) is 48.5 Å². The molecule has 1 heterocycles. The van der Waals surface area contributed by atoms with E-state index in [0.29, 0.717) is 15.7 Å². The van der Waals surface area contributed by atoms with Crippen molar-refractivity contribution in [1.82, 2.24) is 14.9 Å². The Bertz CT molecular complexity index is 1050. The van der Waals surface area contributed by atoms with Crippen LogP contribution in [0.25, 0.3) is 0 Å². The third kappa shape index (κ3) is 5.07. The lowest BCUT2D eigenvalue weighted by atomic mass is 10.3. The van der Waals surface area contributed by atoms with E-state index < -0.39 is 21.7 Å². The van der Waals surface area contributed by atoms with Gasteiger partial charge in [-0.15, -0.1) is 10.2 Å². The SMILES string of the molecule is O=C(Nc1ccc(F)cc1)c1nnc(CNS(=O)(=O)c2ccc(Cl)cc2)s1. The molecule has 0 fully saturated rings. The van der Waals surface area contributed by atoms with E-state index >= 15 is 0 Å². The number of sulfonamides is 1. The maximum Gasteiger partial charge on any atom is 0.286 e. The Kier molecular flexibility index (Phi) is 5.80. The van der Waals surface area contributed by atoms with Crippen LogP contribution in [0.15, 0.2) is 53.4 Å². The minimum atomic E-state index is -3.74. The molecule has 0 saturated carbocycles. The van der Waals surface area contributed by atoms with Gasteiger partial charge in [-0.25, -0.2) is 17.5 Å². The standard InChI is InChI=1S/C16H12ClFN4O3S2/c17-10-1-7-13(8-2-10)27(24,25)19-9-14-21-22-16(26-14)15(23)20-12-5-3-11(18)4-6-12/h1-8,19H,9H2,(H,20,23). The number of amides is 1. The van der Waals surface area contributed by atoms with E-state index in [0.717, 1.165) is 11.3 Å². The predicted molar refractivity (Wildman–Crippen MR) is 99.7 cm³/mol. The molecule has 0 aliphatic rings. The Balaban J connectivity index is 1.62. The van der Waals surface area contributed by atoms with E-state index in [1.54, 1.807) is 0 Å². The van der Waals surface area contributed by atoms with Gasteiger partial charge in [0.1, 0.15) is 10.8 Å². The molecule has 0 radical (unpaired) electrons.